The zero-order valence-corrected chi connectivity index (χ0v) is 13.2. The Bertz CT molecular complexity index is 612. The molecule has 114 valence electrons. The Kier molecular flexibility index (Phi) is 5.64. The van der Waals surface area contributed by atoms with Crippen molar-refractivity contribution in [2.24, 2.45) is 0 Å². The number of H-pyrrole nitrogens is 1. The maximum absolute atomic E-state index is 11.7. The van der Waals surface area contributed by atoms with Crippen LogP contribution in [0.15, 0.2) is 18.2 Å². The Morgan fingerprint density at radius 2 is 2.33 bits per heavy atom. The van der Waals surface area contributed by atoms with Crippen LogP contribution in [0.3, 0.4) is 0 Å². The SMILES string of the molecule is CSCC[C@H](O)C(=O)NCCc1nc2c(C)cccc2[nH]1. The van der Waals surface area contributed by atoms with E-state index in [9.17, 15) is 9.90 Å². The number of fused-ring (bicyclic) bond motifs is 1. The van der Waals surface area contributed by atoms with Crippen molar-refractivity contribution in [1.82, 2.24) is 15.3 Å². The molecule has 1 heterocycles. The van der Waals surface area contributed by atoms with E-state index < -0.39 is 6.10 Å². The number of hydrogen-bond acceptors (Lipinski definition) is 4. The molecule has 0 fully saturated rings. The van der Waals surface area contributed by atoms with Crippen LogP contribution < -0.4 is 5.32 Å². The first-order valence-corrected chi connectivity index (χ1v) is 8.40. The smallest absolute Gasteiger partial charge is 0.248 e. The van der Waals surface area contributed by atoms with Gasteiger partial charge in [-0.25, -0.2) is 4.98 Å². The molecule has 21 heavy (non-hydrogen) atoms. The summed E-state index contributed by atoms with van der Waals surface area (Å²) in [5, 5.41) is 12.4. The fourth-order valence-electron chi connectivity index (χ4n) is 2.13. The highest BCUT2D eigenvalue weighted by molar-refractivity contribution is 7.98. The molecule has 6 heteroatoms. The molecule has 0 saturated heterocycles. The molecule has 0 aliphatic rings. The van der Waals surface area contributed by atoms with Gasteiger partial charge in [-0.15, -0.1) is 0 Å². The van der Waals surface area contributed by atoms with Gasteiger partial charge >= 0.3 is 0 Å². The minimum absolute atomic E-state index is 0.309. The fraction of sp³-hybridized carbons (Fsp3) is 0.467. The molecule has 0 radical (unpaired) electrons. The van der Waals surface area contributed by atoms with Crippen LogP contribution in [0, 0.1) is 6.92 Å². The average Bonchev–Trinajstić information content (AvgIpc) is 2.89. The summed E-state index contributed by atoms with van der Waals surface area (Å²) in [5.41, 5.74) is 3.11. The number of imidazole rings is 1. The first kappa shape index (κ1) is 15.9. The van der Waals surface area contributed by atoms with E-state index in [1.54, 1.807) is 11.8 Å². The van der Waals surface area contributed by atoms with Crippen molar-refractivity contribution in [2.45, 2.75) is 25.9 Å². The van der Waals surface area contributed by atoms with Crippen molar-refractivity contribution in [2.75, 3.05) is 18.6 Å². The number of amides is 1. The average molecular weight is 307 g/mol. The molecule has 1 aromatic heterocycles. The van der Waals surface area contributed by atoms with Gasteiger partial charge in [0.05, 0.1) is 11.0 Å². The third-order valence-corrected chi connectivity index (χ3v) is 3.97. The Balaban J connectivity index is 1.85. The minimum atomic E-state index is -0.921. The van der Waals surface area contributed by atoms with Crippen LogP contribution in [0.25, 0.3) is 11.0 Å². The number of thioether (sulfide) groups is 1. The number of hydrogen-bond donors (Lipinski definition) is 3. The van der Waals surface area contributed by atoms with Gasteiger partial charge in [-0.1, -0.05) is 12.1 Å². The molecule has 0 bridgehead atoms. The number of nitrogens with zero attached hydrogens (tertiary/aromatic N) is 1. The van der Waals surface area contributed by atoms with Gasteiger partial charge in [0, 0.05) is 13.0 Å². The van der Waals surface area contributed by atoms with E-state index in [1.165, 1.54) is 0 Å². The number of rotatable bonds is 7. The van der Waals surface area contributed by atoms with Crippen LogP contribution in [0.5, 0.6) is 0 Å². The van der Waals surface area contributed by atoms with Crippen molar-refractivity contribution in [3.63, 3.8) is 0 Å². The second-order valence-corrected chi connectivity index (χ2v) is 5.98. The Morgan fingerprint density at radius 3 is 3.05 bits per heavy atom. The summed E-state index contributed by atoms with van der Waals surface area (Å²) in [4.78, 5) is 19.4. The van der Waals surface area contributed by atoms with Crippen LogP contribution in [0.2, 0.25) is 0 Å². The Hall–Kier alpha value is -1.53. The van der Waals surface area contributed by atoms with Gasteiger partial charge in [-0.2, -0.15) is 11.8 Å². The maximum Gasteiger partial charge on any atom is 0.248 e. The van der Waals surface area contributed by atoms with Crippen molar-refractivity contribution in [3.05, 3.63) is 29.6 Å². The maximum atomic E-state index is 11.7. The van der Waals surface area contributed by atoms with E-state index in [1.807, 2.05) is 31.4 Å². The summed E-state index contributed by atoms with van der Waals surface area (Å²) in [6.07, 6.45) is 2.13. The normalized spacial score (nSPS) is 12.5. The van der Waals surface area contributed by atoms with Crippen molar-refractivity contribution in [3.8, 4) is 0 Å². The summed E-state index contributed by atoms with van der Waals surface area (Å²) in [5.74, 6) is 1.31. The van der Waals surface area contributed by atoms with Crippen LogP contribution in [-0.2, 0) is 11.2 Å². The molecule has 2 rings (SSSR count). The van der Waals surface area contributed by atoms with Crippen LogP contribution in [-0.4, -0.2) is 45.6 Å². The number of aliphatic hydroxyl groups excluding tert-OH is 1. The van der Waals surface area contributed by atoms with Gasteiger partial charge in [0.1, 0.15) is 11.9 Å². The lowest BCUT2D eigenvalue weighted by molar-refractivity contribution is -0.129. The number of nitrogens with one attached hydrogen (secondary N) is 2. The third kappa shape index (κ3) is 4.22. The highest BCUT2D eigenvalue weighted by Gasteiger charge is 2.13. The largest absolute Gasteiger partial charge is 0.383 e. The van der Waals surface area contributed by atoms with Crippen LogP contribution in [0.1, 0.15) is 17.8 Å². The molecule has 0 aliphatic heterocycles. The number of para-hydroxylation sites is 1. The van der Waals surface area contributed by atoms with Gasteiger partial charge < -0.3 is 15.4 Å². The minimum Gasteiger partial charge on any atom is -0.383 e. The highest BCUT2D eigenvalue weighted by Crippen LogP contribution is 2.15. The number of benzene rings is 1. The molecule has 1 aromatic carbocycles. The number of carbonyl (C=O) groups is 1. The number of aromatic amines is 1. The predicted molar refractivity (Wildman–Crippen MR) is 86.6 cm³/mol. The second kappa shape index (κ2) is 7.47. The molecular weight excluding hydrogens is 286 g/mol. The fourth-order valence-corrected chi connectivity index (χ4v) is 2.59. The van der Waals surface area contributed by atoms with Gasteiger partial charge in [0.2, 0.25) is 5.91 Å². The molecule has 0 spiro atoms. The van der Waals surface area contributed by atoms with Crippen molar-refractivity contribution < 1.29 is 9.90 Å². The quantitative estimate of drug-likeness (QED) is 0.727. The number of carbonyl (C=O) groups excluding carboxylic acids is 1. The number of aromatic nitrogens is 2. The van der Waals surface area contributed by atoms with Crippen LogP contribution >= 0.6 is 11.8 Å². The lowest BCUT2D eigenvalue weighted by atomic mass is 10.2. The van der Waals surface area contributed by atoms with Gasteiger partial charge in [-0.05, 0) is 37.0 Å². The van der Waals surface area contributed by atoms with E-state index in [4.69, 9.17) is 0 Å². The first-order chi connectivity index (χ1) is 10.1. The summed E-state index contributed by atoms with van der Waals surface area (Å²) >= 11 is 1.62. The topological polar surface area (TPSA) is 78.0 Å². The molecule has 0 saturated carbocycles. The van der Waals surface area contributed by atoms with Gasteiger partial charge in [-0.3, -0.25) is 4.79 Å². The standard InChI is InChI=1S/C15H21N3O2S/c1-10-4-3-5-11-14(10)18-13(17-11)6-8-16-15(20)12(19)7-9-21-2/h3-5,12,19H,6-9H2,1-2H3,(H,16,20)(H,17,18)/t12-/m0/s1. The second-order valence-electron chi connectivity index (χ2n) is 4.99. The summed E-state index contributed by atoms with van der Waals surface area (Å²) in [6.45, 7) is 2.49. The molecule has 2 aromatic rings. The summed E-state index contributed by atoms with van der Waals surface area (Å²) < 4.78 is 0. The summed E-state index contributed by atoms with van der Waals surface area (Å²) in [7, 11) is 0. The third-order valence-electron chi connectivity index (χ3n) is 3.32. The van der Waals surface area contributed by atoms with E-state index in [0.717, 1.165) is 28.2 Å². The van der Waals surface area contributed by atoms with Crippen molar-refractivity contribution in [1.29, 1.82) is 0 Å². The molecule has 5 nitrogen and oxygen atoms in total. The van der Waals surface area contributed by atoms with E-state index in [0.29, 0.717) is 19.4 Å². The molecular formula is C15H21N3O2S. The number of aryl methyl sites for hydroxylation is 1. The van der Waals surface area contributed by atoms with Crippen LogP contribution in [0.4, 0.5) is 0 Å². The monoisotopic (exact) mass is 307 g/mol. The predicted octanol–water partition coefficient (Wildman–Crippen LogP) is 1.64. The lowest BCUT2D eigenvalue weighted by Gasteiger charge is -2.09. The number of aliphatic hydroxyl groups is 1. The van der Waals surface area contributed by atoms with E-state index >= 15 is 0 Å². The van der Waals surface area contributed by atoms with Gasteiger partial charge in [0.15, 0.2) is 0 Å². The molecule has 3 N–H and O–H groups in total. The molecule has 0 aliphatic carbocycles. The Labute approximate surface area is 128 Å². The zero-order valence-electron chi connectivity index (χ0n) is 12.3. The first-order valence-electron chi connectivity index (χ1n) is 7.00. The lowest BCUT2D eigenvalue weighted by Crippen LogP contribution is -2.36. The van der Waals surface area contributed by atoms with Gasteiger partial charge in [0.25, 0.3) is 0 Å². The molecule has 0 unspecified atom stereocenters. The van der Waals surface area contributed by atoms with E-state index in [2.05, 4.69) is 15.3 Å². The highest BCUT2D eigenvalue weighted by atomic mass is 32.2. The molecule has 1 atom stereocenters. The molecule has 1 amide bonds. The Morgan fingerprint density at radius 1 is 1.52 bits per heavy atom. The van der Waals surface area contributed by atoms with Crippen molar-refractivity contribution >= 4 is 28.7 Å². The summed E-state index contributed by atoms with van der Waals surface area (Å²) in [6, 6.07) is 6.00. The van der Waals surface area contributed by atoms with E-state index in [-0.39, 0.29) is 5.91 Å². The zero-order chi connectivity index (χ0) is 15.2.